The maximum atomic E-state index is 14.2. The van der Waals surface area contributed by atoms with Crippen molar-refractivity contribution in [3.05, 3.63) is 88.5 Å². The van der Waals surface area contributed by atoms with Crippen molar-refractivity contribution in [3.8, 4) is 0 Å². The SMILES string of the molecule is Cc1cc(C)n(Cc2c(F)cccc2F)c1C(=O)N1CCN(c2ccccc2F)CC1. The van der Waals surface area contributed by atoms with Crippen LogP contribution in [0.2, 0.25) is 0 Å². The number of anilines is 1. The molecule has 0 unspecified atom stereocenters. The van der Waals surface area contributed by atoms with Crippen molar-refractivity contribution in [2.24, 2.45) is 0 Å². The van der Waals surface area contributed by atoms with E-state index in [0.29, 0.717) is 37.6 Å². The molecule has 162 valence electrons. The highest BCUT2D eigenvalue weighted by Crippen LogP contribution is 2.24. The normalized spacial score (nSPS) is 14.2. The maximum absolute atomic E-state index is 14.2. The molecule has 2 aromatic carbocycles. The van der Waals surface area contributed by atoms with Crippen LogP contribution >= 0.6 is 0 Å². The number of rotatable bonds is 4. The molecule has 2 heterocycles. The van der Waals surface area contributed by atoms with Gasteiger partial charge in [-0.15, -0.1) is 0 Å². The number of halogens is 3. The number of amides is 1. The quantitative estimate of drug-likeness (QED) is 0.612. The van der Waals surface area contributed by atoms with Crippen LogP contribution in [0.3, 0.4) is 0 Å². The number of hydrogen-bond donors (Lipinski definition) is 0. The van der Waals surface area contributed by atoms with Gasteiger partial charge in [-0.3, -0.25) is 4.79 Å². The molecule has 0 radical (unpaired) electrons. The Labute approximate surface area is 179 Å². The van der Waals surface area contributed by atoms with Crippen molar-refractivity contribution < 1.29 is 18.0 Å². The Bertz CT molecular complexity index is 1100. The van der Waals surface area contributed by atoms with Crippen LogP contribution in [0.1, 0.15) is 27.3 Å². The van der Waals surface area contributed by atoms with Gasteiger partial charge in [0.2, 0.25) is 0 Å². The molecule has 1 saturated heterocycles. The number of benzene rings is 2. The van der Waals surface area contributed by atoms with Gasteiger partial charge in [-0.25, -0.2) is 13.2 Å². The average molecular weight is 427 g/mol. The van der Waals surface area contributed by atoms with Crippen molar-refractivity contribution in [2.75, 3.05) is 31.1 Å². The number of aromatic nitrogens is 1. The second-order valence-electron chi connectivity index (χ2n) is 7.83. The highest BCUT2D eigenvalue weighted by Gasteiger charge is 2.27. The van der Waals surface area contributed by atoms with E-state index in [1.54, 1.807) is 27.7 Å². The zero-order chi connectivity index (χ0) is 22.1. The molecule has 1 aliphatic heterocycles. The highest BCUT2D eigenvalue weighted by molar-refractivity contribution is 5.94. The van der Waals surface area contributed by atoms with E-state index in [9.17, 15) is 18.0 Å². The van der Waals surface area contributed by atoms with Gasteiger partial charge in [0, 0.05) is 37.4 Å². The summed E-state index contributed by atoms with van der Waals surface area (Å²) in [4.78, 5) is 17.0. The molecule has 3 aromatic rings. The van der Waals surface area contributed by atoms with Crippen molar-refractivity contribution in [1.82, 2.24) is 9.47 Å². The van der Waals surface area contributed by atoms with Crippen LogP contribution < -0.4 is 4.90 Å². The van der Waals surface area contributed by atoms with Crippen LogP contribution in [0.25, 0.3) is 0 Å². The molecule has 0 saturated carbocycles. The summed E-state index contributed by atoms with van der Waals surface area (Å²) in [5, 5.41) is 0. The third kappa shape index (κ3) is 4.04. The first-order chi connectivity index (χ1) is 14.9. The molecule has 0 N–H and O–H groups in total. The minimum absolute atomic E-state index is 0.0611. The number of nitrogens with zero attached hydrogens (tertiary/aromatic N) is 3. The highest BCUT2D eigenvalue weighted by atomic mass is 19.1. The lowest BCUT2D eigenvalue weighted by Crippen LogP contribution is -2.49. The molecule has 0 aliphatic carbocycles. The van der Waals surface area contributed by atoms with Gasteiger partial charge in [0.25, 0.3) is 5.91 Å². The molecular formula is C24H24F3N3O. The average Bonchev–Trinajstić information content (AvgIpc) is 3.03. The Morgan fingerprint density at radius 2 is 1.48 bits per heavy atom. The van der Waals surface area contributed by atoms with Crippen LogP contribution in [-0.4, -0.2) is 41.6 Å². The molecule has 31 heavy (non-hydrogen) atoms. The van der Waals surface area contributed by atoms with Crippen LogP contribution in [0.5, 0.6) is 0 Å². The van der Waals surface area contributed by atoms with Gasteiger partial charge in [0.05, 0.1) is 12.2 Å². The van der Waals surface area contributed by atoms with E-state index in [4.69, 9.17) is 0 Å². The second kappa shape index (κ2) is 8.49. The van der Waals surface area contributed by atoms with Gasteiger partial charge < -0.3 is 14.4 Å². The summed E-state index contributed by atoms with van der Waals surface area (Å²) in [6, 6.07) is 12.2. The first-order valence-corrected chi connectivity index (χ1v) is 10.2. The van der Waals surface area contributed by atoms with Crippen molar-refractivity contribution >= 4 is 11.6 Å². The lowest BCUT2D eigenvalue weighted by molar-refractivity contribution is 0.0735. The molecule has 0 bridgehead atoms. The topological polar surface area (TPSA) is 28.5 Å². The van der Waals surface area contributed by atoms with Crippen molar-refractivity contribution in [3.63, 3.8) is 0 Å². The fraction of sp³-hybridized carbons (Fsp3) is 0.292. The van der Waals surface area contributed by atoms with Crippen molar-refractivity contribution in [2.45, 2.75) is 20.4 Å². The summed E-state index contributed by atoms with van der Waals surface area (Å²) in [6.07, 6.45) is 0. The number of carbonyl (C=O) groups is 1. The smallest absolute Gasteiger partial charge is 0.270 e. The fourth-order valence-corrected chi connectivity index (χ4v) is 4.19. The predicted octanol–water partition coefficient (Wildman–Crippen LogP) is 4.53. The molecule has 1 aliphatic rings. The van der Waals surface area contributed by atoms with E-state index in [1.165, 1.54) is 24.3 Å². The Hall–Kier alpha value is -3.22. The van der Waals surface area contributed by atoms with Crippen LogP contribution in [-0.2, 0) is 6.54 Å². The third-order valence-electron chi connectivity index (χ3n) is 5.84. The van der Waals surface area contributed by atoms with Crippen molar-refractivity contribution in [1.29, 1.82) is 0 Å². The summed E-state index contributed by atoms with van der Waals surface area (Å²) < 4.78 is 44.2. The minimum Gasteiger partial charge on any atom is -0.366 e. The number of aryl methyl sites for hydroxylation is 2. The monoisotopic (exact) mass is 427 g/mol. The van der Waals surface area contributed by atoms with Gasteiger partial charge >= 0.3 is 0 Å². The van der Waals surface area contributed by atoms with E-state index >= 15 is 0 Å². The Morgan fingerprint density at radius 3 is 2.13 bits per heavy atom. The molecular weight excluding hydrogens is 403 g/mol. The largest absolute Gasteiger partial charge is 0.366 e. The van der Waals surface area contributed by atoms with Gasteiger partial charge in [-0.05, 0) is 49.7 Å². The van der Waals surface area contributed by atoms with Crippen LogP contribution in [0, 0.1) is 31.3 Å². The Morgan fingerprint density at radius 1 is 0.871 bits per heavy atom. The number of hydrogen-bond acceptors (Lipinski definition) is 2. The second-order valence-corrected chi connectivity index (χ2v) is 7.83. The third-order valence-corrected chi connectivity index (χ3v) is 5.84. The van der Waals surface area contributed by atoms with Crippen LogP contribution in [0.4, 0.5) is 18.9 Å². The summed E-state index contributed by atoms with van der Waals surface area (Å²) in [7, 11) is 0. The zero-order valence-corrected chi connectivity index (χ0v) is 17.5. The fourth-order valence-electron chi connectivity index (χ4n) is 4.19. The van der Waals surface area contributed by atoms with E-state index in [1.807, 2.05) is 24.8 Å². The van der Waals surface area contributed by atoms with E-state index in [2.05, 4.69) is 0 Å². The summed E-state index contributed by atoms with van der Waals surface area (Å²) in [5.41, 5.74) is 2.41. The molecule has 0 atom stereocenters. The molecule has 0 spiro atoms. The maximum Gasteiger partial charge on any atom is 0.270 e. The van der Waals surface area contributed by atoms with E-state index in [0.717, 1.165) is 11.3 Å². The minimum atomic E-state index is -0.636. The zero-order valence-electron chi connectivity index (χ0n) is 17.5. The summed E-state index contributed by atoms with van der Waals surface area (Å²) >= 11 is 0. The first-order valence-electron chi connectivity index (χ1n) is 10.2. The predicted molar refractivity (Wildman–Crippen MR) is 114 cm³/mol. The lowest BCUT2D eigenvalue weighted by atomic mass is 10.1. The summed E-state index contributed by atoms with van der Waals surface area (Å²) in [6.45, 7) is 5.47. The number of carbonyl (C=O) groups excluding carboxylic acids is 1. The van der Waals surface area contributed by atoms with Crippen LogP contribution in [0.15, 0.2) is 48.5 Å². The lowest BCUT2D eigenvalue weighted by Gasteiger charge is -2.36. The number of para-hydroxylation sites is 1. The van der Waals surface area contributed by atoms with Gasteiger partial charge in [0.1, 0.15) is 23.1 Å². The van der Waals surface area contributed by atoms with Gasteiger partial charge in [0.15, 0.2) is 0 Å². The Kier molecular flexibility index (Phi) is 5.76. The molecule has 7 heteroatoms. The number of piperazine rings is 1. The van der Waals surface area contributed by atoms with E-state index < -0.39 is 11.6 Å². The molecule has 1 fully saturated rings. The molecule has 1 amide bonds. The van der Waals surface area contributed by atoms with Gasteiger partial charge in [-0.2, -0.15) is 0 Å². The summed E-state index contributed by atoms with van der Waals surface area (Å²) in [5.74, 6) is -1.74. The van der Waals surface area contributed by atoms with Gasteiger partial charge in [-0.1, -0.05) is 18.2 Å². The Balaban J connectivity index is 1.55. The molecule has 1 aromatic heterocycles. The first kappa shape index (κ1) is 21.0. The molecule has 4 rings (SSSR count). The van der Waals surface area contributed by atoms with E-state index in [-0.39, 0.29) is 23.8 Å². The standard InChI is InChI=1S/C24H24F3N3O/c1-16-14-17(2)30(15-18-19(25)7-5-8-20(18)26)23(16)24(31)29-12-10-28(11-13-29)22-9-4-3-6-21(22)27/h3-9,14H,10-13,15H2,1-2H3. The molecule has 4 nitrogen and oxygen atoms in total.